The van der Waals surface area contributed by atoms with Crippen molar-refractivity contribution in [1.29, 1.82) is 0 Å². The Balaban J connectivity index is 1.98. The van der Waals surface area contributed by atoms with Gasteiger partial charge in [0.1, 0.15) is 5.82 Å². The van der Waals surface area contributed by atoms with Crippen LogP contribution in [0.25, 0.3) is 0 Å². The smallest absolute Gasteiger partial charge is 0.129 e. The molecule has 0 spiro atoms. The second kappa shape index (κ2) is 3.77. The lowest BCUT2D eigenvalue weighted by atomic mass is 9.91. The average Bonchev–Trinajstić information content (AvgIpc) is 2.94. The Labute approximate surface area is 103 Å². The fraction of sp³-hybridized carbons (Fsp3) is 0.714. The SMILES string of the molecule is CC(C)(C)Cc1nc2c(c(C3CC3)n1)CNC2. The quantitative estimate of drug-likeness (QED) is 0.850. The van der Waals surface area contributed by atoms with Gasteiger partial charge in [-0.25, -0.2) is 9.97 Å². The molecule has 0 atom stereocenters. The third-order valence-corrected chi connectivity index (χ3v) is 3.42. The molecule has 0 bridgehead atoms. The second-order valence-electron chi connectivity index (χ2n) is 6.57. The summed E-state index contributed by atoms with van der Waals surface area (Å²) in [6.07, 6.45) is 3.61. The predicted molar refractivity (Wildman–Crippen MR) is 67.7 cm³/mol. The molecule has 3 nitrogen and oxygen atoms in total. The van der Waals surface area contributed by atoms with Crippen molar-refractivity contribution in [1.82, 2.24) is 15.3 Å². The maximum atomic E-state index is 4.84. The van der Waals surface area contributed by atoms with Gasteiger partial charge in [-0.2, -0.15) is 0 Å². The summed E-state index contributed by atoms with van der Waals surface area (Å²) in [4.78, 5) is 9.58. The first kappa shape index (κ1) is 11.1. The van der Waals surface area contributed by atoms with Crippen LogP contribution in [-0.4, -0.2) is 9.97 Å². The maximum Gasteiger partial charge on any atom is 0.129 e. The van der Waals surface area contributed by atoms with Gasteiger partial charge in [-0.3, -0.25) is 0 Å². The van der Waals surface area contributed by atoms with Crippen LogP contribution in [0.15, 0.2) is 0 Å². The van der Waals surface area contributed by atoms with E-state index in [9.17, 15) is 0 Å². The first-order valence-corrected chi connectivity index (χ1v) is 6.62. The molecule has 92 valence electrons. The number of rotatable bonds is 2. The van der Waals surface area contributed by atoms with E-state index in [0.29, 0.717) is 0 Å². The Morgan fingerprint density at radius 3 is 2.59 bits per heavy atom. The van der Waals surface area contributed by atoms with Crippen LogP contribution in [0.5, 0.6) is 0 Å². The van der Waals surface area contributed by atoms with Gasteiger partial charge in [-0.05, 0) is 18.3 Å². The van der Waals surface area contributed by atoms with E-state index in [1.54, 1.807) is 0 Å². The molecule has 1 aromatic rings. The van der Waals surface area contributed by atoms with Gasteiger partial charge >= 0.3 is 0 Å². The lowest BCUT2D eigenvalue weighted by Gasteiger charge is -2.18. The molecule has 0 saturated heterocycles. The first-order chi connectivity index (χ1) is 8.03. The largest absolute Gasteiger partial charge is 0.307 e. The van der Waals surface area contributed by atoms with Crippen molar-refractivity contribution in [3.8, 4) is 0 Å². The zero-order valence-electron chi connectivity index (χ0n) is 11.0. The Morgan fingerprint density at radius 1 is 1.18 bits per heavy atom. The zero-order chi connectivity index (χ0) is 12.0. The summed E-state index contributed by atoms with van der Waals surface area (Å²) in [5.41, 5.74) is 4.26. The minimum Gasteiger partial charge on any atom is -0.307 e. The highest BCUT2D eigenvalue weighted by atomic mass is 15.0. The van der Waals surface area contributed by atoms with Gasteiger partial charge in [0.2, 0.25) is 0 Å². The minimum atomic E-state index is 0.265. The molecule has 3 rings (SSSR count). The van der Waals surface area contributed by atoms with Gasteiger partial charge in [0, 0.05) is 31.0 Å². The molecule has 1 N–H and O–H groups in total. The summed E-state index contributed by atoms with van der Waals surface area (Å²) in [5.74, 6) is 1.77. The Morgan fingerprint density at radius 2 is 1.94 bits per heavy atom. The molecule has 1 fully saturated rings. The van der Waals surface area contributed by atoms with Crippen LogP contribution in [-0.2, 0) is 19.5 Å². The van der Waals surface area contributed by atoms with Crippen LogP contribution < -0.4 is 5.32 Å². The standard InChI is InChI=1S/C14H21N3/c1-14(2,3)6-12-16-11-8-15-7-10(11)13(17-12)9-4-5-9/h9,15H,4-8H2,1-3H3. The third-order valence-electron chi connectivity index (χ3n) is 3.42. The Kier molecular flexibility index (Phi) is 2.47. The lowest BCUT2D eigenvalue weighted by Crippen LogP contribution is -2.14. The van der Waals surface area contributed by atoms with Gasteiger partial charge < -0.3 is 5.32 Å². The summed E-state index contributed by atoms with van der Waals surface area (Å²) in [5, 5.41) is 3.40. The van der Waals surface area contributed by atoms with Crippen molar-refractivity contribution in [2.75, 3.05) is 0 Å². The highest BCUT2D eigenvalue weighted by Gasteiger charge is 2.31. The van der Waals surface area contributed by atoms with Crippen molar-refractivity contribution in [3.05, 3.63) is 22.8 Å². The molecule has 0 aromatic carbocycles. The molecule has 1 aromatic heterocycles. The van der Waals surface area contributed by atoms with Crippen LogP contribution in [0.2, 0.25) is 0 Å². The van der Waals surface area contributed by atoms with Crippen molar-refractivity contribution in [2.24, 2.45) is 5.41 Å². The van der Waals surface area contributed by atoms with E-state index in [0.717, 1.165) is 31.3 Å². The first-order valence-electron chi connectivity index (χ1n) is 6.62. The third kappa shape index (κ3) is 2.34. The van der Waals surface area contributed by atoms with Crippen molar-refractivity contribution in [2.45, 2.75) is 59.0 Å². The number of hydrogen-bond donors (Lipinski definition) is 1. The van der Waals surface area contributed by atoms with E-state index < -0.39 is 0 Å². The van der Waals surface area contributed by atoms with Crippen molar-refractivity contribution >= 4 is 0 Å². The Bertz CT molecular complexity index is 442. The number of hydrogen-bond acceptors (Lipinski definition) is 3. The summed E-state index contributed by atoms with van der Waals surface area (Å²) < 4.78 is 0. The monoisotopic (exact) mass is 231 g/mol. The highest BCUT2D eigenvalue weighted by Crippen LogP contribution is 2.42. The number of nitrogens with one attached hydrogen (secondary N) is 1. The van der Waals surface area contributed by atoms with E-state index in [1.807, 2.05) is 0 Å². The van der Waals surface area contributed by atoms with Crippen LogP contribution in [0.3, 0.4) is 0 Å². The minimum absolute atomic E-state index is 0.265. The molecule has 0 unspecified atom stereocenters. The molecular formula is C14H21N3. The lowest BCUT2D eigenvalue weighted by molar-refractivity contribution is 0.399. The van der Waals surface area contributed by atoms with E-state index in [-0.39, 0.29) is 5.41 Å². The van der Waals surface area contributed by atoms with Crippen LogP contribution >= 0.6 is 0 Å². The summed E-state index contributed by atoms with van der Waals surface area (Å²) in [6, 6.07) is 0. The topological polar surface area (TPSA) is 37.8 Å². The molecular weight excluding hydrogens is 210 g/mol. The number of aromatic nitrogens is 2. The highest BCUT2D eigenvalue weighted by molar-refractivity contribution is 5.33. The second-order valence-corrected chi connectivity index (χ2v) is 6.57. The van der Waals surface area contributed by atoms with Crippen LogP contribution in [0, 0.1) is 5.41 Å². The molecule has 2 heterocycles. The van der Waals surface area contributed by atoms with Gasteiger partial charge in [0.05, 0.1) is 11.4 Å². The van der Waals surface area contributed by atoms with Crippen LogP contribution in [0.4, 0.5) is 0 Å². The fourth-order valence-corrected chi connectivity index (χ4v) is 2.50. The summed E-state index contributed by atoms with van der Waals surface area (Å²) >= 11 is 0. The van der Waals surface area contributed by atoms with Gasteiger partial charge in [-0.1, -0.05) is 20.8 Å². The molecule has 3 heteroatoms. The summed E-state index contributed by atoms with van der Waals surface area (Å²) in [7, 11) is 0. The van der Waals surface area contributed by atoms with E-state index in [4.69, 9.17) is 9.97 Å². The predicted octanol–water partition coefficient (Wildman–Crippen LogP) is 2.55. The molecule has 1 aliphatic heterocycles. The van der Waals surface area contributed by atoms with E-state index in [2.05, 4.69) is 26.1 Å². The maximum absolute atomic E-state index is 4.84. The molecule has 1 saturated carbocycles. The van der Waals surface area contributed by atoms with Gasteiger partial charge in [0.15, 0.2) is 0 Å². The molecule has 2 aliphatic rings. The molecule has 1 aliphatic carbocycles. The fourth-order valence-electron chi connectivity index (χ4n) is 2.50. The zero-order valence-corrected chi connectivity index (χ0v) is 11.0. The molecule has 0 amide bonds. The summed E-state index contributed by atoms with van der Waals surface area (Å²) in [6.45, 7) is 8.64. The van der Waals surface area contributed by atoms with Crippen LogP contribution in [0.1, 0.15) is 62.3 Å². The van der Waals surface area contributed by atoms with E-state index >= 15 is 0 Å². The van der Waals surface area contributed by atoms with Gasteiger partial charge in [-0.15, -0.1) is 0 Å². The number of nitrogens with zero attached hydrogens (tertiary/aromatic N) is 2. The normalized spacial score (nSPS) is 19.5. The van der Waals surface area contributed by atoms with Gasteiger partial charge in [0.25, 0.3) is 0 Å². The molecule has 17 heavy (non-hydrogen) atoms. The number of fused-ring (bicyclic) bond motifs is 1. The average molecular weight is 231 g/mol. The molecule has 0 radical (unpaired) electrons. The van der Waals surface area contributed by atoms with Crippen molar-refractivity contribution in [3.63, 3.8) is 0 Å². The van der Waals surface area contributed by atoms with E-state index in [1.165, 1.54) is 29.8 Å². The van der Waals surface area contributed by atoms with Crippen molar-refractivity contribution < 1.29 is 0 Å². The Hall–Kier alpha value is -0.960.